The molecule has 0 radical (unpaired) electrons. The van der Waals surface area contributed by atoms with Crippen LogP contribution < -0.4 is 10.1 Å². The van der Waals surface area contributed by atoms with Gasteiger partial charge in [-0.3, -0.25) is 4.79 Å². The van der Waals surface area contributed by atoms with Crippen molar-refractivity contribution >= 4 is 5.91 Å². The van der Waals surface area contributed by atoms with Crippen molar-refractivity contribution in [2.75, 3.05) is 6.61 Å². The van der Waals surface area contributed by atoms with E-state index >= 15 is 0 Å². The zero-order valence-corrected chi connectivity index (χ0v) is 12.5. The van der Waals surface area contributed by atoms with Gasteiger partial charge in [0.1, 0.15) is 11.9 Å². The fourth-order valence-corrected chi connectivity index (χ4v) is 2.81. The maximum atomic E-state index is 11.4. The highest BCUT2D eigenvalue weighted by Crippen LogP contribution is 2.35. The summed E-state index contributed by atoms with van der Waals surface area (Å²) in [4.78, 5) is 11.4. The molecule has 114 valence electrons. The minimum absolute atomic E-state index is 0.0631. The number of hydrogen-bond donors (Lipinski definition) is 2. The average Bonchev–Trinajstić information content (AvgIpc) is 2.54. The molecular weight excluding hydrogens is 278 g/mol. The van der Waals surface area contributed by atoms with Crippen molar-refractivity contribution in [1.29, 1.82) is 0 Å². The van der Waals surface area contributed by atoms with Gasteiger partial charge in [-0.25, -0.2) is 0 Å². The molecule has 4 nitrogen and oxygen atoms in total. The lowest BCUT2D eigenvalue weighted by Crippen LogP contribution is -2.30. The third-order valence-electron chi connectivity index (χ3n) is 3.88. The fourth-order valence-electron chi connectivity index (χ4n) is 2.81. The molecule has 0 aliphatic carbocycles. The predicted octanol–water partition coefficient (Wildman–Crippen LogP) is 2.73. The molecule has 1 aliphatic heterocycles. The van der Waals surface area contributed by atoms with Crippen LogP contribution in [0.4, 0.5) is 0 Å². The summed E-state index contributed by atoms with van der Waals surface area (Å²) < 4.78 is 5.64. The van der Waals surface area contributed by atoms with E-state index in [1.807, 2.05) is 48.5 Å². The highest BCUT2D eigenvalue weighted by Gasteiger charge is 2.23. The summed E-state index contributed by atoms with van der Waals surface area (Å²) in [5.41, 5.74) is 2.56. The quantitative estimate of drug-likeness (QED) is 0.916. The van der Waals surface area contributed by atoms with Gasteiger partial charge in [0.2, 0.25) is 5.91 Å². The zero-order chi connectivity index (χ0) is 15.5. The van der Waals surface area contributed by atoms with Gasteiger partial charge in [0.15, 0.2) is 0 Å². The lowest BCUT2D eigenvalue weighted by Gasteiger charge is -2.27. The molecule has 0 aromatic heterocycles. The number of ether oxygens (including phenoxy) is 1. The predicted molar refractivity (Wildman–Crippen MR) is 83.6 cm³/mol. The number of aliphatic hydroxyl groups is 1. The van der Waals surface area contributed by atoms with Gasteiger partial charge in [0.25, 0.3) is 0 Å². The maximum absolute atomic E-state index is 11.4. The van der Waals surface area contributed by atoms with Gasteiger partial charge in [-0.1, -0.05) is 36.4 Å². The second kappa shape index (κ2) is 6.20. The SMILES string of the molecule is CC(=O)NC1CCOc2ccc(C(O)c3ccccc3)cc21. The molecule has 3 rings (SSSR count). The molecule has 2 N–H and O–H groups in total. The third kappa shape index (κ3) is 2.97. The second-order valence-corrected chi connectivity index (χ2v) is 5.50. The third-order valence-corrected chi connectivity index (χ3v) is 3.88. The topological polar surface area (TPSA) is 58.6 Å². The number of fused-ring (bicyclic) bond motifs is 1. The van der Waals surface area contributed by atoms with Gasteiger partial charge >= 0.3 is 0 Å². The smallest absolute Gasteiger partial charge is 0.217 e. The highest BCUT2D eigenvalue weighted by atomic mass is 16.5. The zero-order valence-electron chi connectivity index (χ0n) is 12.5. The molecule has 1 aliphatic rings. The summed E-state index contributed by atoms with van der Waals surface area (Å²) >= 11 is 0. The Labute approximate surface area is 129 Å². The Morgan fingerprint density at radius 1 is 1.23 bits per heavy atom. The van der Waals surface area contributed by atoms with Crippen molar-refractivity contribution in [2.45, 2.75) is 25.5 Å². The molecule has 1 amide bonds. The van der Waals surface area contributed by atoms with Crippen LogP contribution in [0, 0.1) is 0 Å². The van der Waals surface area contributed by atoms with Crippen molar-refractivity contribution < 1.29 is 14.6 Å². The summed E-state index contributed by atoms with van der Waals surface area (Å²) in [5, 5.41) is 13.5. The standard InChI is InChI=1S/C18H19NO3/c1-12(20)19-16-9-10-22-17-8-7-14(11-15(16)17)18(21)13-5-3-2-4-6-13/h2-8,11,16,18,21H,9-10H2,1H3,(H,19,20). The van der Waals surface area contributed by atoms with Crippen LogP contribution in [-0.4, -0.2) is 17.6 Å². The summed E-state index contributed by atoms with van der Waals surface area (Å²) in [7, 11) is 0. The normalized spacial score (nSPS) is 18.0. The molecule has 0 fully saturated rings. The van der Waals surface area contributed by atoms with Crippen LogP contribution in [0.1, 0.15) is 42.2 Å². The number of carbonyl (C=O) groups is 1. The first-order valence-corrected chi connectivity index (χ1v) is 7.42. The Morgan fingerprint density at radius 3 is 2.73 bits per heavy atom. The van der Waals surface area contributed by atoms with E-state index in [1.165, 1.54) is 6.92 Å². The first-order chi connectivity index (χ1) is 10.6. The Bertz CT molecular complexity index is 669. The van der Waals surface area contributed by atoms with Crippen LogP contribution in [0.2, 0.25) is 0 Å². The number of carbonyl (C=O) groups excluding carboxylic acids is 1. The molecular formula is C18H19NO3. The van der Waals surface area contributed by atoms with Crippen LogP contribution in [0.3, 0.4) is 0 Å². The number of nitrogens with one attached hydrogen (secondary N) is 1. The van der Waals surface area contributed by atoms with Gasteiger partial charge in [-0.2, -0.15) is 0 Å². The first kappa shape index (κ1) is 14.6. The maximum Gasteiger partial charge on any atom is 0.217 e. The minimum atomic E-state index is -0.689. The molecule has 2 aromatic rings. The van der Waals surface area contributed by atoms with E-state index in [1.54, 1.807) is 0 Å². The number of amides is 1. The summed E-state index contributed by atoms with van der Waals surface area (Å²) in [6.45, 7) is 2.09. The van der Waals surface area contributed by atoms with Crippen LogP contribution in [0.5, 0.6) is 5.75 Å². The lowest BCUT2D eigenvalue weighted by atomic mass is 9.94. The van der Waals surface area contributed by atoms with E-state index in [9.17, 15) is 9.90 Å². The molecule has 2 atom stereocenters. The second-order valence-electron chi connectivity index (χ2n) is 5.50. The summed E-state index contributed by atoms with van der Waals surface area (Å²) in [5.74, 6) is 0.709. The van der Waals surface area contributed by atoms with E-state index in [4.69, 9.17) is 4.74 Å². The van der Waals surface area contributed by atoms with Gasteiger partial charge in [0, 0.05) is 18.9 Å². The van der Waals surface area contributed by atoms with Crippen molar-refractivity contribution in [3.63, 3.8) is 0 Å². The highest BCUT2D eigenvalue weighted by molar-refractivity contribution is 5.73. The van der Waals surface area contributed by atoms with Gasteiger partial charge in [0.05, 0.1) is 12.6 Å². The Hall–Kier alpha value is -2.33. The molecule has 2 aromatic carbocycles. The molecule has 0 saturated carbocycles. The van der Waals surface area contributed by atoms with Gasteiger partial charge in [-0.15, -0.1) is 0 Å². The number of hydrogen-bond acceptors (Lipinski definition) is 3. The number of benzene rings is 2. The van der Waals surface area contributed by atoms with Gasteiger partial charge in [-0.05, 0) is 23.3 Å². The van der Waals surface area contributed by atoms with Crippen molar-refractivity contribution in [1.82, 2.24) is 5.32 Å². The van der Waals surface area contributed by atoms with Crippen LogP contribution >= 0.6 is 0 Å². The van der Waals surface area contributed by atoms with E-state index in [-0.39, 0.29) is 11.9 Å². The van der Waals surface area contributed by atoms with Crippen LogP contribution in [0.25, 0.3) is 0 Å². The Kier molecular flexibility index (Phi) is 4.11. The van der Waals surface area contributed by atoms with Crippen molar-refractivity contribution in [2.24, 2.45) is 0 Å². The summed E-state index contributed by atoms with van der Waals surface area (Å²) in [6, 6.07) is 15.1. The van der Waals surface area contributed by atoms with Gasteiger partial charge < -0.3 is 15.2 Å². The molecule has 0 bridgehead atoms. The Morgan fingerprint density at radius 2 is 2.00 bits per heavy atom. The molecule has 22 heavy (non-hydrogen) atoms. The van der Waals surface area contributed by atoms with Crippen molar-refractivity contribution in [3.05, 3.63) is 65.2 Å². The fraction of sp³-hybridized carbons (Fsp3) is 0.278. The monoisotopic (exact) mass is 297 g/mol. The number of rotatable bonds is 3. The average molecular weight is 297 g/mol. The molecule has 0 saturated heterocycles. The minimum Gasteiger partial charge on any atom is -0.493 e. The van der Waals surface area contributed by atoms with Crippen LogP contribution in [0.15, 0.2) is 48.5 Å². The van der Waals surface area contributed by atoms with E-state index in [0.29, 0.717) is 6.61 Å². The largest absolute Gasteiger partial charge is 0.493 e. The lowest BCUT2D eigenvalue weighted by molar-refractivity contribution is -0.119. The van der Waals surface area contributed by atoms with E-state index in [2.05, 4.69) is 5.32 Å². The van der Waals surface area contributed by atoms with Crippen LogP contribution in [-0.2, 0) is 4.79 Å². The molecule has 1 heterocycles. The molecule has 0 spiro atoms. The Balaban J connectivity index is 1.93. The van der Waals surface area contributed by atoms with E-state index in [0.717, 1.165) is 28.9 Å². The summed E-state index contributed by atoms with van der Waals surface area (Å²) in [6.07, 6.45) is 0.0451. The first-order valence-electron chi connectivity index (χ1n) is 7.42. The molecule has 4 heteroatoms. The van der Waals surface area contributed by atoms with Crippen molar-refractivity contribution in [3.8, 4) is 5.75 Å². The molecule has 2 unspecified atom stereocenters. The number of aliphatic hydroxyl groups excluding tert-OH is 1. The van der Waals surface area contributed by atoms with E-state index < -0.39 is 6.10 Å².